The van der Waals surface area contributed by atoms with Crippen LogP contribution in [-0.4, -0.2) is 34.2 Å². The predicted octanol–water partition coefficient (Wildman–Crippen LogP) is 0.496. The molecule has 2 rings (SSSR count). The van der Waals surface area contributed by atoms with Crippen LogP contribution < -0.4 is 15.8 Å². The van der Waals surface area contributed by atoms with E-state index in [-0.39, 0.29) is 23.8 Å². The molecule has 0 fully saturated rings. The number of ether oxygens (including phenoxy) is 1. The van der Waals surface area contributed by atoms with Gasteiger partial charge in [0.05, 0.1) is 6.10 Å². The number of amides is 2. The van der Waals surface area contributed by atoms with Crippen molar-refractivity contribution in [2.75, 3.05) is 0 Å². The minimum atomic E-state index is -1.29. The molecule has 0 aliphatic heterocycles. The van der Waals surface area contributed by atoms with Crippen LogP contribution in [0.2, 0.25) is 0 Å². The third-order valence-corrected chi connectivity index (χ3v) is 3.13. The number of aliphatic hydroxyl groups excluding tert-OH is 1. The smallest absolute Gasteiger partial charge is 0.274 e. The number of carbonyl (C=O) groups excluding carboxylic acids is 2. The summed E-state index contributed by atoms with van der Waals surface area (Å²) in [7, 11) is 0. The van der Waals surface area contributed by atoms with E-state index in [1.54, 1.807) is 0 Å². The highest BCUT2D eigenvalue weighted by molar-refractivity contribution is 5.95. The standard InChI is InChI=1S/C15H15F2N3O5/c1-7(21)13(14(18)22)19-15(23)11-5-9(25-20-11)6-24-12-3-2-8(16)4-10(12)17/h2-5,7,13,21H,6H2,1H3,(H2,18,22)(H,19,23)/t7-,13+/m1/s1. The number of benzene rings is 1. The lowest BCUT2D eigenvalue weighted by Crippen LogP contribution is -2.50. The van der Waals surface area contributed by atoms with Crippen molar-refractivity contribution in [2.45, 2.75) is 25.7 Å². The van der Waals surface area contributed by atoms with Crippen molar-refractivity contribution < 1.29 is 32.7 Å². The van der Waals surface area contributed by atoms with Gasteiger partial charge in [-0.3, -0.25) is 9.59 Å². The van der Waals surface area contributed by atoms with Crippen molar-refractivity contribution in [1.82, 2.24) is 10.5 Å². The molecule has 4 N–H and O–H groups in total. The maximum atomic E-state index is 13.4. The van der Waals surface area contributed by atoms with E-state index < -0.39 is 35.6 Å². The Morgan fingerprint density at radius 2 is 2.12 bits per heavy atom. The number of hydrogen-bond donors (Lipinski definition) is 3. The molecule has 1 heterocycles. The molecule has 0 saturated carbocycles. The Hall–Kier alpha value is -3.01. The summed E-state index contributed by atoms with van der Waals surface area (Å²) in [5.41, 5.74) is 4.88. The SMILES string of the molecule is C[C@@H](O)[C@H](NC(=O)c1cc(COc2ccc(F)cc2F)on1)C(N)=O. The highest BCUT2D eigenvalue weighted by atomic mass is 19.1. The van der Waals surface area contributed by atoms with Gasteiger partial charge < -0.3 is 25.4 Å². The topological polar surface area (TPSA) is 128 Å². The summed E-state index contributed by atoms with van der Waals surface area (Å²) in [6, 6.07) is 2.70. The third-order valence-electron chi connectivity index (χ3n) is 3.13. The second-order valence-electron chi connectivity index (χ2n) is 5.14. The van der Waals surface area contributed by atoms with Crippen molar-refractivity contribution in [3.05, 3.63) is 47.4 Å². The lowest BCUT2D eigenvalue weighted by molar-refractivity contribution is -0.122. The Bertz CT molecular complexity index is 778. The molecule has 1 aromatic carbocycles. The normalized spacial score (nSPS) is 13.1. The van der Waals surface area contributed by atoms with Crippen LogP contribution in [0.1, 0.15) is 23.2 Å². The second kappa shape index (κ2) is 7.71. The molecule has 0 bridgehead atoms. The molecular formula is C15H15F2N3O5. The van der Waals surface area contributed by atoms with Gasteiger partial charge in [0.2, 0.25) is 5.91 Å². The van der Waals surface area contributed by atoms with E-state index in [2.05, 4.69) is 10.5 Å². The average molecular weight is 355 g/mol. The maximum Gasteiger partial charge on any atom is 0.274 e. The van der Waals surface area contributed by atoms with Gasteiger partial charge in [-0.05, 0) is 19.1 Å². The van der Waals surface area contributed by atoms with Crippen molar-refractivity contribution in [1.29, 1.82) is 0 Å². The van der Waals surface area contributed by atoms with Gasteiger partial charge in [0.25, 0.3) is 5.91 Å². The Kier molecular flexibility index (Phi) is 5.65. The zero-order chi connectivity index (χ0) is 18.6. The van der Waals surface area contributed by atoms with Gasteiger partial charge >= 0.3 is 0 Å². The Labute approximate surface area is 140 Å². The number of primary amides is 1. The van der Waals surface area contributed by atoms with Crippen LogP contribution >= 0.6 is 0 Å². The van der Waals surface area contributed by atoms with E-state index in [0.29, 0.717) is 6.07 Å². The first-order valence-corrected chi connectivity index (χ1v) is 7.09. The minimum Gasteiger partial charge on any atom is -0.482 e. The van der Waals surface area contributed by atoms with Gasteiger partial charge in [0, 0.05) is 12.1 Å². The van der Waals surface area contributed by atoms with E-state index >= 15 is 0 Å². The summed E-state index contributed by atoms with van der Waals surface area (Å²) < 4.78 is 36.2. The molecule has 25 heavy (non-hydrogen) atoms. The van der Waals surface area contributed by atoms with Gasteiger partial charge in [0.15, 0.2) is 23.0 Å². The molecule has 0 aliphatic rings. The summed E-state index contributed by atoms with van der Waals surface area (Å²) in [6.45, 7) is 1.02. The molecule has 10 heteroatoms. The van der Waals surface area contributed by atoms with Crippen molar-refractivity contribution >= 4 is 11.8 Å². The molecule has 0 radical (unpaired) electrons. The van der Waals surface area contributed by atoms with Crippen LogP contribution in [0.5, 0.6) is 5.75 Å². The largest absolute Gasteiger partial charge is 0.482 e. The Morgan fingerprint density at radius 3 is 2.72 bits per heavy atom. The number of nitrogens with two attached hydrogens (primary N) is 1. The molecule has 0 aliphatic carbocycles. The second-order valence-corrected chi connectivity index (χ2v) is 5.14. The molecule has 134 valence electrons. The van der Waals surface area contributed by atoms with E-state index in [1.807, 2.05) is 0 Å². The maximum absolute atomic E-state index is 13.4. The molecule has 2 amide bonds. The lowest BCUT2D eigenvalue weighted by atomic mass is 10.1. The number of halogens is 2. The molecule has 0 saturated heterocycles. The van der Waals surface area contributed by atoms with E-state index in [0.717, 1.165) is 12.1 Å². The first-order chi connectivity index (χ1) is 11.8. The Morgan fingerprint density at radius 1 is 1.40 bits per heavy atom. The highest BCUT2D eigenvalue weighted by Crippen LogP contribution is 2.19. The molecule has 8 nitrogen and oxygen atoms in total. The van der Waals surface area contributed by atoms with Gasteiger partial charge in [-0.15, -0.1) is 0 Å². The fourth-order valence-corrected chi connectivity index (χ4v) is 1.87. The highest BCUT2D eigenvalue weighted by Gasteiger charge is 2.25. The van der Waals surface area contributed by atoms with Gasteiger partial charge in [-0.25, -0.2) is 8.78 Å². The van der Waals surface area contributed by atoms with Crippen molar-refractivity contribution in [3.63, 3.8) is 0 Å². The molecule has 0 unspecified atom stereocenters. The fourth-order valence-electron chi connectivity index (χ4n) is 1.87. The number of carbonyl (C=O) groups is 2. The summed E-state index contributed by atoms with van der Waals surface area (Å²) in [5, 5.41) is 15.1. The monoisotopic (exact) mass is 355 g/mol. The Balaban J connectivity index is 1.99. The van der Waals surface area contributed by atoms with E-state index in [4.69, 9.17) is 15.0 Å². The number of nitrogens with zero attached hydrogens (tertiary/aromatic N) is 1. The van der Waals surface area contributed by atoms with Crippen LogP contribution in [0.3, 0.4) is 0 Å². The van der Waals surface area contributed by atoms with Gasteiger partial charge in [-0.2, -0.15) is 0 Å². The van der Waals surface area contributed by atoms with Crippen LogP contribution in [-0.2, 0) is 11.4 Å². The number of aromatic nitrogens is 1. The first kappa shape index (κ1) is 18.3. The summed E-state index contributed by atoms with van der Waals surface area (Å²) in [5.74, 6) is -3.47. The van der Waals surface area contributed by atoms with Gasteiger partial charge in [0.1, 0.15) is 18.5 Å². The minimum absolute atomic E-state index is 0.0848. The zero-order valence-corrected chi connectivity index (χ0v) is 13.0. The number of rotatable bonds is 7. The predicted molar refractivity (Wildman–Crippen MR) is 79.3 cm³/mol. The van der Waals surface area contributed by atoms with Crippen LogP contribution in [0, 0.1) is 11.6 Å². The number of nitrogens with one attached hydrogen (secondary N) is 1. The average Bonchev–Trinajstić information content (AvgIpc) is 3.00. The van der Waals surface area contributed by atoms with Crippen LogP contribution in [0.4, 0.5) is 8.78 Å². The summed E-state index contributed by atoms with van der Waals surface area (Å²) in [4.78, 5) is 23.1. The summed E-state index contributed by atoms with van der Waals surface area (Å²) in [6.07, 6.45) is -1.20. The molecule has 1 aromatic heterocycles. The van der Waals surface area contributed by atoms with Crippen molar-refractivity contribution in [2.24, 2.45) is 5.73 Å². The van der Waals surface area contributed by atoms with Crippen molar-refractivity contribution in [3.8, 4) is 5.75 Å². The molecule has 2 atom stereocenters. The lowest BCUT2D eigenvalue weighted by Gasteiger charge is -2.16. The number of hydrogen-bond acceptors (Lipinski definition) is 6. The van der Waals surface area contributed by atoms with Crippen LogP contribution in [0.25, 0.3) is 0 Å². The quantitative estimate of drug-likeness (QED) is 0.663. The molecule has 0 spiro atoms. The zero-order valence-electron chi connectivity index (χ0n) is 13.0. The third kappa shape index (κ3) is 4.73. The summed E-state index contributed by atoms with van der Waals surface area (Å²) >= 11 is 0. The molecular weight excluding hydrogens is 340 g/mol. The van der Waals surface area contributed by atoms with Gasteiger partial charge in [-0.1, -0.05) is 5.16 Å². The van der Waals surface area contributed by atoms with E-state index in [9.17, 15) is 23.5 Å². The van der Waals surface area contributed by atoms with E-state index in [1.165, 1.54) is 13.0 Å². The first-order valence-electron chi connectivity index (χ1n) is 7.09. The van der Waals surface area contributed by atoms with Crippen LogP contribution in [0.15, 0.2) is 28.8 Å². The fraction of sp³-hybridized carbons (Fsp3) is 0.267. The molecule has 2 aromatic rings. The number of aliphatic hydroxyl groups is 1.